The van der Waals surface area contributed by atoms with Crippen molar-refractivity contribution >= 4 is 14.3 Å². The highest BCUT2D eigenvalue weighted by atomic mass is 28.4. The predicted octanol–water partition coefficient (Wildman–Crippen LogP) is 3.82. The van der Waals surface area contributed by atoms with E-state index in [-0.39, 0.29) is 28.8 Å². The van der Waals surface area contributed by atoms with Crippen LogP contribution < -0.4 is 0 Å². The van der Waals surface area contributed by atoms with Crippen LogP contribution in [0, 0.1) is 0 Å². The molecule has 2 fully saturated rings. The third-order valence-corrected chi connectivity index (χ3v) is 9.95. The minimum absolute atomic E-state index is 0.0466. The van der Waals surface area contributed by atoms with Gasteiger partial charge in [0.05, 0.1) is 0 Å². The SMILES string of the molecule is C=C1CC[C@H](O[Si](C)(C)C(C)(C)C)C[C@@]12O[C@H]2COC(C)=O. The van der Waals surface area contributed by atoms with Gasteiger partial charge in [0.1, 0.15) is 18.3 Å². The Morgan fingerprint density at radius 1 is 1.45 bits per heavy atom. The molecule has 4 nitrogen and oxygen atoms in total. The third-order valence-electron chi connectivity index (χ3n) is 5.42. The zero-order valence-electron chi connectivity index (χ0n) is 14.8. The molecule has 1 aliphatic carbocycles. The first-order chi connectivity index (χ1) is 9.98. The maximum absolute atomic E-state index is 11.0. The van der Waals surface area contributed by atoms with Gasteiger partial charge in [0.2, 0.25) is 0 Å². The molecule has 0 amide bonds. The number of epoxide rings is 1. The predicted molar refractivity (Wildman–Crippen MR) is 89.3 cm³/mol. The van der Waals surface area contributed by atoms with E-state index in [1.165, 1.54) is 6.92 Å². The normalized spacial score (nSPS) is 32.2. The molecule has 1 heterocycles. The van der Waals surface area contributed by atoms with E-state index in [1.807, 2.05) is 0 Å². The van der Waals surface area contributed by atoms with Crippen molar-refractivity contribution in [1.82, 2.24) is 0 Å². The Morgan fingerprint density at radius 3 is 2.64 bits per heavy atom. The lowest BCUT2D eigenvalue weighted by Gasteiger charge is -2.41. The first-order valence-corrected chi connectivity index (χ1v) is 11.1. The number of rotatable bonds is 4. The molecule has 0 bridgehead atoms. The van der Waals surface area contributed by atoms with Crippen molar-refractivity contribution in [3.63, 3.8) is 0 Å². The van der Waals surface area contributed by atoms with Gasteiger partial charge in [0, 0.05) is 19.4 Å². The van der Waals surface area contributed by atoms with Crippen molar-refractivity contribution in [2.45, 2.75) is 82.9 Å². The second-order valence-corrected chi connectivity index (χ2v) is 12.9. The monoisotopic (exact) mass is 326 g/mol. The van der Waals surface area contributed by atoms with Gasteiger partial charge in [-0.1, -0.05) is 27.4 Å². The van der Waals surface area contributed by atoms with Crippen LogP contribution >= 0.6 is 0 Å². The Bertz CT molecular complexity index is 466. The van der Waals surface area contributed by atoms with Gasteiger partial charge in [0.25, 0.3) is 0 Å². The van der Waals surface area contributed by atoms with E-state index in [1.54, 1.807) is 0 Å². The fourth-order valence-electron chi connectivity index (χ4n) is 2.90. The minimum atomic E-state index is -1.78. The number of hydrogen-bond donors (Lipinski definition) is 0. The van der Waals surface area contributed by atoms with E-state index in [0.29, 0.717) is 6.61 Å². The van der Waals surface area contributed by atoms with Crippen LogP contribution in [0.2, 0.25) is 18.1 Å². The van der Waals surface area contributed by atoms with Crippen molar-refractivity contribution < 1.29 is 18.7 Å². The average Bonchev–Trinajstić information content (AvgIpc) is 3.04. The van der Waals surface area contributed by atoms with Crippen LogP contribution in [0.5, 0.6) is 0 Å². The van der Waals surface area contributed by atoms with Crippen LogP contribution in [0.3, 0.4) is 0 Å². The van der Waals surface area contributed by atoms with Crippen LogP contribution in [-0.4, -0.2) is 38.7 Å². The summed E-state index contributed by atoms with van der Waals surface area (Å²) in [5, 5.41) is 0.205. The molecule has 1 aliphatic heterocycles. The molecule has 0 aromatic carbocycles. The van der Waals surface area contributed by atoms with Crippen LogP contribution in [0.15, 0.2) is 12.2 Å². The van der Waals surface area contributed by atoms with E-state index >= 15 is 0 Å². The van der Waals surface area contributed by atoms with Gasteiger partial charge >= 0.3 is 5.97 Å². The highest BCUT2D eigenvalue weighted by molar-refractivity contribution is 6.74. The summed E-state index contributed by atoms with van der Waals surface area (Å²) in [5.74, 6) is -0.263. The summed E-state index contributed by atoms with van der Waals surface area (Å²) in [6, 6.07) is 0. The topological polar surface area (TPSA) is 48.1 Å². The summed E-state index contributed by atoms with van der Waals surface area (Å²) in [6.07, 6.45) is 2.94. The van der Waals surface area contributed by atoms with E-state index in [4.69, 9.17) is 13.9 Å². The Morgan fingerprint density at radius 2 is 2.09 bits per heavy atom. The lowest BCUT2D eigenvalue weighted by molar-refractivity contribution is -0.141. The van der Waals surface area contributed by atoms with Gasteiger partial charge in [0.15, 0.2) is 8.32 Å². The van der Waals surface area contributed by atoms with Crippen molar-refractivity contribution in [2.75, 3.05) is 6.61 Å². The fraction of sp³-hybridized carbons (Fsp3) is 0.824. The quantitative estimate of drug-likeness (QED) is 0.341. The Balaban J connectivity index is 1.98. The second kappa shape index (κ2) is 5.76. The molecule has 0 N–H and O–H groups in total. The van der Waals surface area contributed by atoms with Gasteiger partial charge in [-0.15, -0.1) is 0 Å². The molecule has 0 aromatic rings. The maximum atomic E-state index is 11.0. The molecule has 2 rings (SSSR count). The molecule has 0 unspecified atom stereocenters. The summed E-state index contributed by atoms with van der Waals surface area (Å²) in [6.45, 7) is 17.3. The Kier molecular flexibility index (Phi) is 4.64. The number of carbonyl (C=O) groups excluding carboxylic acids is 1. The summed E-state index contributed by atoms with van der Waals surface area (Å²) in [4.78, 5) is 11.0. The molecule has 126 valence electrons. The van der Waals surface area contributed by atoms with E-state index in [2.05, 4.69) is 40.4 Å². The molecule has 2 aliphatic rings. The van der Waals surface area contributed by atoms with Crippen molar-refractivity contribution in [3.05, 3.63) is 12.2 Å². The molecule has 22 heavy (non-hydrogen) atoms. The molecule has 5 heteroatoms. The van der Waals surface area contributed by atoms with Crippen LogP contribution in [0.25, 0.3) is 0 Å². The zero-order chi connectivity index (χ0) is 16.8. The average molecular weight is 327 g/mol. The lowest BCUT2D eigenvalue weighted by atomic mass is 9.81. The van der Waals surface area contributed by atoms with Gasteiger partial charge in [-0.3, -0.25) is 4.79 Å². The number of esters is 1. The maximum Gasteiger partial charge on any atom is 0.302 e. The number of ether oxygens (including phenoxy) is 2. The van der Waals surface area contributed by atoms with Gasteiger partial charge in [-0.05, 0) is 36.5 Å². The summed E-state index contributed by atoms with van der Waals surface area (Å²) < 4.78 is 17.5. The highest BCUT2D eigenvalue weighted by Gasteiger charge is 2.61. The van der Waals surface area contributed by atoms with Gasteiger partial charge < -0.3 is 13.9 Å². The third kappa shape index (κ3) is 3.47. The standard InChI is InChI=1S/C17H30O4Si/c1-12-8-9-14(21-22(6,7)16(3,4)5)10-17(12)15(20-17)11-19-13(2)18/h14-15H,1,8-11H2,2-7H3/t14-,15-,17+/m0/s1. The van der Waals surface area contributed by atoms with Gasteiger partial charge in [-0.2, -0.15) is 0 Å². The minimum Gasteiger partial charge on any atom is -0.463 e. The lowest BCUT2D eigenvalue weighted by Crippen LogP contribution is -2.46. The fourth-order valence-corrected chi connectivity index (χ4v) is 4.29. The molecule has 3 atom stereocenters. The first kappa shape index (κ1) is 17.7. The van der Waals surface area contributed by atoms with E-state index < -0.39 is 8.32 Å². The molecule has 0 aromatic heterocycles. The molecular weight excluding hydrogens is 296 g/mol. The Labute approximate surface area is 135 Å². The van der Waals surface area contributed by atoms with Crippen molar-refractivity contribution in [3.8, 4) is 0 Å². The molecule has 1 saturated carbocycles. The summed E-state index contributed by atoms with van der Waals surface area (Å²) in [5.41, 5.74) is 0.806. The first-order valence-electron chi connectivity index (χ1n) is 8.15. The highest BCUT2D eigenvalue weighted by Crippen LogP contribution is 2.52. The zero-order valence-corrected chi connectivity index (χ0v) is 15.8. The Hall–Kier alpha value is -0.653. The van der Waals surface area contributed by atoms with Crippen molar-refractivity contribution in [2.24, 2.45) is 0 Å². The molecule has 1 saturated heterocycles. The van der Waals surface area contributed by atoms with Crippen LogP contribution in [0.4, 0.5) is 0 Å². The molecule has 0 radical (unpaired) electrons. The smallest absolute Gasteiger partial charge is 0.302 e. The molecule has 1 spiro atoms. The van der Waals surface area contributed by atoms with Crippen LogP contribution in [0.1, 0.15) is 47.0 Å². The number of carbonyl (C=O) groups is 1. The van der Waals surface area contributed by atoms with Gasteiger partial charge in [-0.25, -0.2) is 0 Å². The van der Waals surface area contributed by atoms with E-state index in [9.17, 15) is 4.79 Å². The van der Waals surface area contributed by atoms with E-state index in [0.717, 1.165) is 24.8 Å². The largest absolute Gasteiger partial charge is 0.463 e. The number of hydrogen-bond acceptors (Lipinski definition) is 4. The molecular formula is C17H30O4Si. The van der Waals surface area contributed by atoms with Crippen molar-refractivity contribution in [1.29, 1.82) is 0 Å². The second-order valence-electron chi connectivity index (χ2n) is 8.15. The summed E-state index contributed by atoms with van der Waals surface area (Å²) >= 11 is 0. The summed E-state index contributed by atoms with van der Waals surface area (Å²) in [7, 11) is -1.78. The van der Waals surface area contributed by atoms with Crippen LogP contribution in [-0.2, 0) is 18.7 Å².